The maximum absolute atomic E-state index is 12.5. The molecule has 0 aliphatic rings. The summed E-state index contributed by atoms with van der Waals surface area (Å²) in [7, 11) is 0. The van der Waals surface area contributed by atoms with Gasteiger partial charge in [0.2, 0.25) is 0 Å². The van der Waals surface area contributed by atoms with Crippen molar-refractivity contribution in [1.29, 1.82) is 0 Å². The molecule has 0 saturated carbocycles. The third-order valence-corrected chi connectivity index (χ3v) is 3.22. The predicted molar refractivity (Wildman–Crippen MR) is 84.3 cm³/mol. The number of alkyl halides is 3. The number of allylic oxidation sites excluding steroid dienone is 2. The first kappa shape index (κ1) is 16.0. The van der Waals surface area contributed by atoms with Crippen LogP contribution in [0.15, 0.2) is 65.7 Å². The number of hydrogen-bond donors (Lipinski definition) is 0. The summed E-state index contributed by atoms with van der Waals surface area (Å²) in [5, 5.41) is 0. The Morgan fingerprint density at radius 1 is 1.00 bits per heavy atom. The lowest BCUT2D eigenvalue weighted by Crippen LogP contribution is -2.03. The summed E-state index contributed by atoms with van der Waals surface area (Å²) in [6.07, 6.45) is 0.0370. The summed E-state index contributed by atoms with van der Waals surface area (Å²) in [6.45, 7) is 2.05. The molecule has 4 heteroatoms. The summed E-state index contributed by atoms with van der Waals surface area (Å²) in [4.78, 5) is 4.17. The van der Waals surface area contributed by atoms with Crippen LogP contribution in [0.4, 0.5) is 18.9 Å². The molecule has 0 aliphatic carbocycles. The summed E-state index contributed by atoms with van der Waals surface area (Å²) >= 11 is 0. The molecule has 0 aliphatic heterocycles. The van der Waals surface area contributed by atoms with E-state index in [1.165, 1.54) is 12.1 Å². The van der Waals surface area contributed by atoms with Gasteiger partial charge >= 0.3 is 6.18 Å². The molecule has 0 spiro atoms. The minimum absolute atomic E-state index is 0.493. The fourth-order valence-corrected chi connectivity index (χ4v) is 2.02. The standard InChI is InChI=1S/C18H16F3N/c1-2-14(15-6-4-3-5-7-15)12-13-22-17-10-8-16(9-11-17)18(19,20)21/h3-13H,2H2,1H3/b14-12-,22-13?. The van der Waals surface area contributed by atoms with Crippen molar-refractivity contribution in [1.82, 2.24) is 0 Å². The Labute approximate surface area is 127 Å². The molecule has 0 fully saturated rings. The molecule has 2 aromatic rings. The number of halogens is 3. The van der Waals surface area contributed by atoms with E-state index >= 15 is 0 Å². The van der Waals surface area contributed by atoms with Gasteiger partial charge in [0.1, 0.15) is 0 Å². The van der Waals surface area contributed by atoms with E-state index in [1.807, 2.05) is 43.3 Å². The third-order valence-electron chi connectivity index (χ3n) is 3.22. The zero-order valence-corrected chi connectivity index (χ0v) is 12.1. The Morgan fingerprint density at radius 2 is 1.64 bits per heavy atom. The van der Waals surface area contributed by atoms with Crippen molar-refractivity contribution in [3.8, 4) is 0 Å². The molecular weight excluding hydrogens is 287 g/mol. The molecule has 0 aromatic heterocycles. The van der Waals surface area contributed by atoms with E-state index in [-0.39, 0.29) is 0 Å². The van der Waals surface area contributed by atoms with Crippen LogP contribution >= 0.6 is 0 Å². The lowest BCUT2D eigenvalue weighted by molar-refractivity contribution is -0.137. The Bertz CT molecular complexity index is 653. The topological polar surface area (TPSA) is 12.4 Å². The maximum Gasteiger partial charge on any atom is 0.416 e. The van der Waals surface area contributed by atoms with Crippen molar-refractivity contribution < 1.29 is 13.2 Å². The average molecular weight is 303 g/mol. The smallest absolute Gasteiger partial charge is 0.257 e. The molecule has 114 valence electrons. The van der Waals surface area contributed by atoms with Crippen LogP contribution in [-0.4, -0.2) is 6.21 Å². The number of benzene rings is 2. The van der Waals surface area contributed by atoms with Crippen molar-refractivity contribution >= 4 is 17.5 Å². The quantitative estimate of drug-likeness (QED) is 0.623. The molecule has 2 rings (SSSR count). The van der Waals surface area contributed by atoms with E-state index in [2.05, 4.69) is 4.99 Å². The summed E-state index contributed by atoms with van der Waals surface area (Å²) in [5.41, 5.74) is 2.06. The maximum atomic E-state index is 12.5. The van der Waals surface area contributed by atoms with Gasteiger partial charge < -0.3 is 0 Å². The first-order valence-electron chi connectivity index (χ1n) is 6.96. The summed E-state index contributed by atoms with van der Waals surface area (Å²) < 4.78 is 37.4. The number of nitrogens with zero attached hydrogens (tertiary/aromatic N) is 1. The van der Waals surface area contributed by atoms with Crippen LogP contribution in [-0.2, 0) is 6.18 Å². The highest BCUT2D eigenvalue weighted by Gasteiger charge is 2.29. The fraction of sp³-hybridized carbons (Fsp3) is 0.167. The molecule has 0 heterocycles. The van der Waals surface area contributed by atoms with Gasteiger partial charge in [-0.1, -0.05) is 37.3 Å². The molecule has 0 N–H and O–H groups in total. The van der Waals surface area contributed by atoms with Crippen LogP contribution in [0.5, 0.6) is 0 Å². The SMILES string of the molecule is CC/C(=C/C=Nc1ccc(C(F)(F)F)cc1)c1ccccc1. The number of hydrogen-bond acceptors (Lipinski definition) is 1. The van der Waals surface area contributed by atoms with Gasteiger partial charge in [0.25, 0.3) is 0 Å². The highest BCUT2D eigenvalue weighted by Crippen LogP contribution is 2.30. The van der Waals surface area contributed by atoms with Gasteiger partial charge in [0.05, 0.1) is 11.3 Å². The second kappa shape index (κ2) is 7.07. The first-order valence-corrected chi connectivity index (χ1v) is 6.96. The zero-order valence-electron chi connectivity index (χ0n) is 12.1. The molecule has 22 heavy (non-hydrogen) atoms. The predicted octanol–water partition coefficient (Wildman–Crippen LogP) is 5.90. The number of aliphatic imine (C=N–C) groups is 1. The molecular formula is C18H16F3N. The van der Waals surface area contributed by atoms with Crippen molar-refractivity contribution in [2.75, 3.05) is 0 Å². The molecule has 1 nitrogen and oxygen atoms in total. The van der Waals surface area contributed by atoms with E-state index in [0.717, 1.165) is 29.7 Å². The van der Waals surface area contributed by atoms with E-state index in [4.69, 9.17) is 0 Å². The molecule has 2 aromatic carbocycles. The van der Waals surface area contributed by atoms with Crippen LogP contribution in [0, 0.1) is 0 Å². The van der Waals surface area contributed by atoms with E-state index in [1.54, 1.807) is 6.21 Å². The lowest BCUT2D eigenvalue weighted by Gasteiger charge is -2.05. The minimum Gasteiger partial charge on any atom is -0.257 e. The van der Waals surface area contributed by atoms with Crippen molar-refractivity contribution in [3.05, 3.63) is 71.8 Å². The van der Waals surface area contributed by atoms with Gasteiger partial charge in [0, 0.05) is 6.21 Å². The van der Waals surface area contributed by atoms with Crippen LogP contribution in [0.3, 0.4) is 0 Å². The monoisotopic (exact) mass is 303 g/mol. The Balaban J connectivity index is 2.12. The van der Waals surface area contributed by atoms with Gasteiger partial charge in [-0.25, -0.2) is 0 Å². The Kier molecular flexibility index (Phi) is 5.15. The van der Waals surface area contributed by atoms with E-state index < -0.39 is 11.7 Å². The molecule has 0 atom stereocenters. The van der Waals surface area contributed by atoms with Gasteiger partial charge in [-0.15, -0.1) is 0 Å². The molecule has 0 amide bonds. The van der Waals surface area contributed by atoms with Gasteiger partial charge in [-0.05, 0) is 47.9 Å². The van der Waals surface area contributed by atoms with Crippen molar-refractivity contribution in [3.63, 3.8) is 0 Å². The molecule has 0 unspecified atom stereocenters. The second-order valence-electron chi connectivity index (χ2n) is 4.73. The van der Waals surface area contributed by atoms with Crippen LogP contribution in [0.2, 0.25) is 0 Å². The van der Waals surface area contributed by atoms with Crippen molar-refractivity contribution in [2.45, 2.75) is 19.5 Å². The fourth-order valence-electron chi connectivity index (χ4n) is 2.02. The summed E-state index contributed by atoms with van der Waals surface area (Å²) in [5.74, 6) is 0. The van der Waals surface area contributed by atoms with E-state index in [0.29, 0.717) is 5.69 Å². The largest absolute Gasteiger partial charge is 0.416 e. The second-order valence-corrected chi connectivity index (χ2v) is 4.73. The van der Waals surface area contributed by atoms with Crippen LogP contribution in [0.25, 0.3) is 5.57 Å². The molecule has 0 saturated heterocycles. The summed E-state index contributed by atoms with van der Waals surface area (Å²) in [6, 6.07) is 14.7. The minimum atomic E-state index is -4.31. The van der Waals surface area contributed by atoms with Crippen LogP contribution in [0.1, 0.15) is 24.5 Å². The van der Waals surface area contributed by atoms with Crippen LogP contribution < -0.4 is 0 Å². The highest BCUT2D eigenvalue weighted by atomic mass is 19.4. The van der Waals surface area contributed by atoms with E-state index in [9.17, 15) is 13.2 Å². The first-order chi connectivity index (χ1) is 10.5. The lowest BCUT2D eigenvalue weighted by atomic mass is 10.0. The number of rotatable bonds is 4. The Morgan fingerprint density at radius 3 is 2.18 bits per heavy atom. The Hall–Kier alpha value is -2.36. The average Bonchev–Trinajstić information content (AvgIpc) is 2.52. The normalized spacial score (nSPS) is 12.8. The van der Waals surface area contributed by atoms with Gasteiger partial charge in [0.15, 0.2) is 0 Å². The highest BCUT2D eigenvalue weighted by molar-refractivity contribution is 5.85. The van der Waals surface area contributed by atoms with Crippen molar-refractivity contribution in [2.24, 2.45) is 4.99 Å². The molecule has 0 radical (unpaired) electrons. The third kappa shape index (κ3) is 4.32. The zero-order chi connectivity index (χ0) is 16.0. The molecule has 0 bridgehead atoms. The van der Waals surface area contributed by atoms with Gasteiger partial charge in [-0.2, -0.15) is 13.2 Å². The van der Waals surface area contributed by atoms with Gasteiger partial charge in [-0.3, -0.25) is 4.99 Å².